The fraction of sp³-hybridized carbons (Fsp3) is 0.160. The molecule has 0 radical (unpaired) electrons. The Kier molecular flexibility index (Phi) is 6.54. The summed E-state index contributed by atoms with van der Waals surface area (Å²) in [5, 5.41) is 7.30. The van der Waals surface area contributed by atoms with Gasteiger partial charge in [-0.05, 0) is 43.3 Å². The zero-order valence-electron chi connectivity index (χ0n) is 18.2. The predicted molar refractivity (Wildman–Crippen MR) is 121 cm³/mol. The molecule has 1 amide bonds. The van der Waals surface area contributed by atoms with Crippen LogP contribution in [-0.2, 0) is 16.1 Å². The first kappa shape index (κ1) is 21.9. The number of methoxy groups -OCH3 is 1. The van der Waals surface area contributed by atoms with Gasteiger partial charge in [-0.2, -0.15) is 5.10 Å². The number of nitrogens with one attached hydrogen (secondary N) is 1. The van der Waals surface area contributed by atoms with Gasteiger partial charge < -0.3 is 19.2 Å². The Morgan fingerprint density at radius 3 is 2.64 bits per heavy atom. The van der Waals surface area contributed by atoms with E-state index in [0.29, 0.717) is 22.8 Å². The summed E-state index contributed by atoms with van der Waals surface area (Å²) in [7, 11) is 1.57. The number of ether oxygens (including phenoxy) is 2. The zero-order valence-corrected chi connectivity index (χ0v) is 18.2. The fourth-order valence-electron chi connectivity index (χ4n) is 3.23. The molecule has 0 saturated heterocycles. The highest BCUT2D eigenvalue weighted by molar-refractivity contribution is 5.97. The Morgan fingerprint density at radius 1 is 1.09 bits per heavy atom. The molecule has 0 bridgehead atoms. The van der Waals surface area contributed by atoms with Gasteiger partial charge in [-0.25, -0.2) is 9.48 Å². The summed E-state index contributed by atoms with van der Waals surface area (Å²) >= 11 is 0. The maximum absolute atomic E-state index is 13.1. The standard InChI is InChI=1S/C25H23N3O5/c1-17(24(29)26-15-21-12-7-13-32-21)33-25(30)22-16-28(19-9-4-3-5-10-19)27-23(22)18-8-6-11-20(14-18)31-2/h3-14,16-17H,15H2,1-2H3,(H,26,29)/t17-/m1/s1. The summed E-state index contributed by atoms with van der Waals surface area (Å²) in [6.07, 6.45) is 2.11. The number of nitrogens with zero attached hydrogens (tertiary/aromatic N) is 2. The number of esters is 1. The van der Waals surface area contributed by atoms with Gasteiger partial charge in [0, 0.05) is 11.8 Å². The maximum atomic E-state index is 13.1. The fourth-order valence-corrected chi connectivity index (χ4v) is 3.23. The van der Waals surface area contributed by atoms with Crippen LogP contribution >= 0.6 is 0 Å². The highest BCUT2D eigenvalue weighted by Crippen LogP contribution is 2.27. The van der Waals surface area contributed by atoms with Crippen LogP contribution in [0.3, 0.4) is 0 Å². The van der Waals surface area contributed by atoms with Crippen molar-refractivity contribution in [2.45, 2.75) is 19.6 Å². The molecule has 0 aliphatic heterocycles. The molecule has 1 N–H and O–H groups in total. The van der Waals surface area contributed by atoms with Crippen molar-refractivity contribution in [3.8, 4) is 22.7 Å². The molecule has 0 fully saturated rings. The molecule has 2 aromatic carbocycles. The van der Waals surface area contributed by atoms with E-state index in [0.717, 1.165) is 5.69 Å². The molecule has 2 aromatic heterocycles. The third-order valence-corrected chi connectivity index (χ3v) is 4.97. The van der Waals surface area contributed by atoms with Gasteiger partial charge in [0.15, 0.2) is 6.10 Å². The Bertz CT molecular complexity index is 1230. The second kappa shape index (κ2) is 9.86. The largest absolute Gasteiger partial charge is 0.497 e. The Hall–Kier alpha value is -4.33. The van der Waals surface area contributed by atoms with Crippen molar-refractivity contribution in [2.24, 2.45) is 0 Å². The van der Waals surface area contributed by atoms with E-state index in [9.17, 15) is 9.59 Å². The number of para-hydroxylation sites is 1. The molecule has 0 unspecified atom stereocenters. The number of hydrogen-bond acceptors (Lipinski definition) is 6. The number of rotatable bonds is 8. The number of carbonyl (C=O) groups excluding carboxylic acids is 2. The Labute approximate surface area is 190 Å². The van der Waals surface area contributed by atoms with Crippen molar-refractivity contribution in [3.05, 3.63) is 90.5 Å². The summed E-state index contributed by atoms with van der Waals surface area (Å²) in [6, 6.07) is 20.1. The van der Waals surface area contributed by atoms with Crippen molar-refractivity contribution in [1.29, 1.82) is 0 Å². The van der Waals surface area contributed by atoms with Crippen LogP contribution in [0.4, 0.5) is 0 Å². The van der Waals surface area contributed by atoms with Crippen molar-refractivity contribution >= 4 is 11.9 Å². The van der Waals surface area contributed by atoms with E-state index in [-0.39, 0.29) is 12.1 Å². The molecule has 168 valence electrons. The van der Waals surface area contributed by atoms with Crippen LogP contribution in [0.25, 0.3) is 16.9 Å². The second-order valence-electron chi connectivity index (χ2n) is 7.25. The van der Waals surface area contributed by atoms with Gasteiger partial charge in [0.1, 0.15) is 22.8 Å². The zero-order chi connectivity index (χ0) is 23.2. The second-order valence-corrected chi connectivity index (χ2v) is 7.25. The summed E-state index contributed by atoms with van der Waals surface area (Å²) in [5.41, 5.74) is 2.12. The molecule has 4 aromatic rings. The molecule has 0 spiro atoms. The van der Waals surface area contributed by atoms with Gasteiger partial charge in [-0.15, -0.1) is 0 Å². The maximum Gasteiger partial charge on any atom is 0.342 e. The van der Waals surface area contributed by atoms with Crippen LogP contribution in [-0.4, -0.2) is 34.9 Å². The van der Waals surface area contributed by atoms with Gasteiger partial charge in [0.25, 0.3) is 5.91 Å². The highest BCUT2D eigenvalue weighted by Gasteiger charge is 2.24. The summed E-state index contributed by atoms with van der Waals surface area (Å²) in [4.78, 5) is 25.5. The average Bonchev–Trinajstić information content (AvgIpc) is 3.53. The third-order valence-electron chi connectivity index (χ3n) is 4.97. The third kappa shape index (κ3) is 5.12. The smallest absolute Gasteiger partial charge is 0.342 e. The topological polar surface area (TPSA) is 95.6 Å². The predicted octanol–water partition coefficient (Wildman–Crippen LogP) is 4.00. The van der Waals surface area contributed by atoms with Crippen LogP contribution in [0.15, 0.2) is 83.6 Å². The van der Waals surface area contributed by atoms with Gasteiger partial charge >= 0.3 is 5.97 Å². The minimum Gasteiger partial charge on any atom is -0.497 e. The minimum atomic E-state index is -1.01. The number of amides is 1. The van der Waals surface area contributed by atoms with E-state index in [4.69, 9.17) is 13.9 Å². The van der Waals surface area contributed by atoms with Crippen LogP contribution in [0.2, 0.25) is 0 Å². The van der Waals surface area contributed by atoms with E-state index in [1.54, 1.807) is 42.3 Å². The van der Waals surface area contributed by atoms with Crippen molar-refractivity contribution in [1.82, 2.24) is 15.1 Å². The Balaban J connectivity index is 1.58. The first-order valence-electron chi connectivity index (χ1n) is 10.4. The molecule has 0 aliphatic rings. The van der Waals surface area contributed by atoms with E-state index in [1.807, 2.05) is 42.5 Å². The molecule has 8 heteroatoms. The van der Waals surface area contributed by atoms with E-state index < -0.39 is 18.0 Å². The van der Waals surface area contributed by atoms with Gasteiger partial charge in [0.2, 0.25) is 0 Å². The number of hydrogen-bond donors (Lipinski definition) is 1. The lowest BCUT2D eigenvalue weighted by Gasteiger charge is -2.13. The number of carbonyl (C=O) groups is 2. The van der Waals surface area contributed by atoms with Gasteiger partial charge in [-0.1, -0.05) is 30.3 Å². The van der Waals surface area contributed by atoms with E-state index in [1.165, 1.54) is 13.2 Å². The van der Waals surface area contributed by atoms with E-state index >= 15 is 0 Å². The first-order valence-corrected chi connectivity index (χ1v) is 10.4. The average molecular weight is 445 g/mol. The molecule has 33 heavy (non-hydrogen) atoms. The molecule has 4 rings (SSSR count). The first-order chi connectivity index (χ1) is 16.0. The van der Waals surface area contributed by atoms with Crippen LogP contribution < -0.4 is 10.1 Å². The summed E-state index contributed by atoms with van der Waals surface area (Å²) in [5.74, 6) is 0.145. The van der Waals surface area contributed by atoms with Crippen molar-refractivity contribution in [2.75, 3.05) is 7.11 Å². The summed E-state index contributed by atoms with van der Waals surface area (Å²) < 4.78 is 17.6. The SMILES string of the molecule is COc1cccc(-c2nn(-c3ccccc3)cc2C(=O)O[C@H](C)C(=O)NCc2ccco2)c1. The minimum absolute atomic E-state index is 0.203. The number of aromatic nitrogens is 2. The quantitative estimate of drug-likeness (QED) is 0.412. The van der Waals surface area contributed by atoms with Crippen molar-refractivity contribution in [3.63, 3.8) is 0 Å². The molecule has 8 nitrogen and oxygen atoms in total. The number of furan rings is 1. The lowest BCUT2D eigenvalue weighted by Crippen LogP contribution is -2.35. The lowest BCUT2D eigenvalue weighted by molar-refractivity contribution is -0.129. The summed E-state index contributed by atoms with van der Waals surface area (Å²) in [6.45, 7) is 1.72. The monoisotopic (exact) mass is 445 g/mol. The molecule has 1 atom stereocenters. The van der Waals surface area contributed by atoms with Crippen molar-refractivity contribution < 1.29 is 23.5 Å². The Morgan fingerprint density at radius 2 is 1.91 bits per heavy atom. The molecular formula is C25H23N3O5. The molecule has 0 saturated carbocycles. The molecule has 0 aliphatic carbocycles. The molecular weight excluding hydrogens is 422 g/mol. The normalized spacial score (nSPS) is 11.6. The van der Waals surface area contributed by atoms with E-state index in [2.05, 4.69) is 10.4 Å². The number of benzene rings is 2. The lowest BCUT2D eigenvalue weighted by atomic mass is 10.1. The molecule has 2 heterocycles. The van der Waals surface area contributed by atoms with Crippen LogP contribution in [0.5, 0.6) is 5.75 Å². The highest BCUT2D eigenvalue weighted by atomic mass is 16.5. The van der Waals surface area contributed by atoms with Gasteiger partial charge in [-0.3, -0.25) is 4.79 Å². The van der Waals surface area contributed by atoms with Gasteiger partial charge in [0.05, 0.1) is 25.6 Å². The van der Waals surface area contributed by atoms with Crippen LogP contribution in [0, 0.1) is 0 Å². The van der Waals surface area contributed by atoms with Crippen LogP contribution in [0.1, 0.15) is 23.0 Å².